The first-order valence-electron chi connectivity index (χ1n) is 11.6. The van der Waals surface area contributed by atoms with Crippen LogP contribution in [0.2, 0.25) is 0 Å². The lowest BCUT2D eigenvalue weighted by Crippen LogP contribution is -2.41. The summed E-state index contributed by atoms with van der Waals surface area (Å²) in [5, 5.41) is 0. The van der Waals surface area contributed by atoms with Gasteiger partial charge in [0.2, 0.25) is 5.92 Å². The second kappa shape index (κ2) is 8.38. The second-order valence-electron chi connectivity index (χ2n) is 10.1. The monoisotopic (exact) mass is 475 g/mol. The number of carbonyl (C=O) groups is 1. The summed E-state index contributed by atoms with van der Waals surface area (Å²) in [7, 11) is 0.903. The quantitative estimate of drug-likeness (QED) is 0.458. The van der Waals surface area contributed by atoms with Gasteiger partial charge in [0.05, 0.1) is 30.6 Å². The first kappa shape index (κ1) is 24.7. The first-order valence-corrected chi connectivity index (χ1v) is 11.6. The number of methoxy groups -OCH3 is 1. The Morgan fingerprint density at radius 1 is 1.18 bits per heavy atom. The summed E-state index contributed by atoms with van der Waals surface area (Å²) in [4.78, 5) is 12.6. The number of aromatic nitrogens is 1. The number of benzene rings is 1. The number of halogens is 2. The standard InChI is InChI=1S/C25H32BF2NO5/c1-8-32-22(30)19-11-16(14-25(6,27)28)21-17-13-18(26-33-23(2,3)24(4,5)34-26)20(31-7)12-15(17)9-10-29(19)21/h11-13H,8-10,14H2,1-7H3. The summed E-state index contributed by atoms with van der Waals surface area (Å²) >= 11 is 0. The molecule has 9 heteroatoms. The molecule has 6 nitrogen and oxygen atoms in total. The molecular weight excluding hydrogens is 443 g/mol. The van der Waals surface area contributed by atoms with E-state index in [1.807, 2.05) is 39.8 Å². The van der Waals surface area contributed by atoms with Crippen molar-refractivity contribution in [1.82, 2.24) is 4.57 Å². The van der Waals surface area contributed by atoms with Gasteiger partial charge in [-0.1, -0.05) is 0 Å². The summed E-state index contributed by atoms with van der Waals surface area (Å²) in [6.45, 7) is 11.2. The number of nitrogens with zero attached hydrogens (tertiary/aromatic N) is 1. The number of ether oxygens (including phenoxy) is 2. The normalized spacial score (nSPS) is 18.4. The van der Waals surface area contributed by atoms with Crippen LogP contribution in [0.15, 0.2) is 18.2 Å². The Morgan fingerprint density at radius 2 is 1.82 bits per heavy atom. The van der Waals surface area contributed by atoms with Crippen molar-refractivity contribution in [2.24, 2.45) is 0 Å². The molecule has 2 aromatic rings. The van der Waals surface area contributed by atoms with Crippen molar-refractivity contribution in [2.75, 3.05) is 13.7 Å². The lowest BCUT2D eigenvalue weighted by atomic mass is 9.75. The van der Waals surface area contributed by atoms with E-state index in [-0.39, 0.29) is 12.3 Å². The number of hydrogen-bond donors (Lipinski definition) is 0. The van der Waals surface area contributed by atoms with Crippen LogP contribution in [0.5, 0.6) is 5.75 Å². The zero-order chi connectivity index (χ0) is 25.1. The Hall–Kier alpha value is -2.39. The number of aryl methyl sites for hydroxylation is 1. The smallest absolute Gasteiger partial charge is 0.497 e. The molecule has 0 amide bonds. The highest BCUT2D eigenvalue weighted by atomic mass is 19.3. The Labute approximate surface area is 199 Å². The predicted molar refractivity (Wildman–Crippen MR) is 126 cm³/mol. The van der Waals surface area contributed by atoms with Gasteiger partial charge in [-0.25, -0.2) is 13.6 Å². The highest BCUT2D eigenvalue weighted by Gasteiger charge is 2.52. The van der Waals surface area contributed by atoms with Gasteiger partial charge in [-0.15, -0.1) is 0 Å². The van der Waals surface area contributed by atoms with Gasteiger partial charge in [0.25, 0.3) is 0 Å². The van der Waals surface area contributed by atoms with E-state index in [0.717, 1.165) is 18.1 Å². The van der Waals surface area contributed by atoms with Crippen molar-refractivity contribution in [2.45, 2.75) is 78.1 Å². The fraction of sp³-hybridized carbons (Fsp3) is 0.560. The van der Waals surface area contributed by atoms with Crippen LogP contribution in [0, 0.1) is 0 Å². The highest BCUT2D eigenvalue weighted by Crippen LogP contribution is 2.41. The molecule has 0 saturated carbocycles. The third-order valence-corrected chi connectivity index (χ3v) is 6.98. The van der Waals surface area contributed by atoms with Crippen molar-refractivity contribution in [3.05, 3.63) is 35.0 Å². The zero-order valence-electron chi connectivity index (χ0n) is 20.9. The van der Waals surface area contributed by atoms with E-state index >= 15 is 0 Å². The van der Waals surface area contributed by atoms with Crippen LogP contribution in [0.25, 0.3) is 11.3 Å². The number of esters is 1. The molecule has 184 valence electrons. The molecule has 1 aromatic carbocycles. The Morgan fingerprint density at radius 3 is 2.38 bits per heavy atom. The molecule has 4 rings (SSSR count). The summed E-state index contributed by atoms with van der Waals surface area (Å²) in [6, 6.07) is 5.36. The molecule has 1 fully saturated rings. The molecular formula is C25H32BF2NO5. The van der Waals surface area contributed by atoms with Gasteiger partial charge in [0.1, 0.15) is 11.4 Å². The lowest BCUT2D eigenvalue weighted by molar-refractivity contribution is 0.00578. The van der Waals surface area contributed by atoms with Crippen LogP contribution in [0.1, 0.15) is 63.2 Å². The van der Waals surface area contributed by atoms with E-state index in [2.05, 4.69) is 0 Å². The van der Waals surface area contributed by atoms with Crippen molar-refractivity contribution in [3.63, 3.8) is 0 Å². The molecule has 0 aliphatic carbocycles. The average Bonchev–Trinajstić information content (AvgIpc) is 3.19. The summed E-state index contributed by atoms with van der Waals surface area (Å²) < 4.78 is 53.5. The van der Waals surface area contributed by atoms with Gasteiger partial charge in [-0.05, 0) is 77.3 Å². The predicted octanol–water partition coefficient (Wildman–Crippen LogP) is 4.39. The summed E-state index contributed by atoms with van der Waals surface area (Å²) in [6.07, 6.45) is 0.129. The SMILES string of the molecule is CCOC(=O)c1cc(CC(C)(F)F)c2n1CCc1cc(OC)c(B3OC(C)(C)C(C)(C)O3)cc1-2. The van der Waals surface area contributed by atoms with Crippen LogP contribution in [-0.4, -0.2) is 48.5 Å². The highest BCUT2D eigenvalue weighted by molar-refractivity contribution is 6.63. The fourth-order valence-corrected chi connectivity index (χ4v) is 4.63. The Bertz CT molecular complexity index is 1100. The van der Waals surface area contributed by atoms with E-state index in [0.29, 0.717) is 35.4 Å². The minimum atomic E-state index is -2.94. The zero-order valence-corrected chi connectivity index (χ0v) is 20.9. The Balaban J connectivity index is 1.88. The Kier molecular flexibility index (Phi) is 6.09. The van der Waals surface area contributed by atoms with E-state index in [1.165, 1.54) is 0 Å². The number of hydrogen-bond acceptors (Lipinski definition) is 5. The second-order valence-corrected chi connectivity index (χ2v) is 10.1. The van der Waals surface area contributed by atoms with Crippen molar-refractivity contribution < 1.29 is 32.4 Å². The van der Waals surface area contributed by atoms with Crippen LogP contribution in [-0.2, 0) is 33.4 Å². The van der Waals surface area contributed by atoms with Crippen LogP contribution >= 0.6 is 0 Å². The van der Waals surface area contributed by atoms with Crippen LogP contribution in [0.4, 0.5) is 8.78 Å². The third-order valence-electron chi connectivity index (χ3n) is 6.98. The summed E-state index contributed by atoms with van der Waals surface area (Å²) in [5.41, 5.74) is 2.60. The molecule has 1 aromatic heterocycles. The molecule has 0 radical (unpaired) electrons. The minimum Gasteiger partial charge on any atom is -0.497 e. The summed E-state index contributed by atoms with van der Waals surface area (Å²) in [5.74, 6) is -2.84. The number of alkyl halides is 2. The van der Waals surface area contributed by atoms with Gasteiger partial charge in [-0.2, -0.15) is 0 Å². The molecule has 0 bridgehead atoms. The number of rotatable bonds is 6. The molecule has 1 saturated heterocycles. The molecule has 34 heavy (non-hydrogen) atoms. The van der Waals surface area contributed by atoms with E-state index in [4.69, 9.17) is 18.8 Å². The van der Waals surface area contributed by atoms with Gasteiger partial charge in [0.15, 0.2) is 0 Å². The van der Waals surface area contributed by atoms with E-state index in [1.54, 1.807) is 24.7 Å². The molecule has 2 aliphatic heterocycles. The van der Waals surface area contributed by atoms with Crippen molar-refractivity contribution in [3.8, 4) is 17.0 Å². The topological polar surface area (TPSA) is 58.9 Å². The van der Waals surface area contributed by atoms with Gasteiger partial charge in [0, 0.05) is 24.0 Å². The van der Waals surface area contributed by atoms with E-state index in [9.17, 15) is 13.6 Å². The fourth-order valence-electron chi connectivity index (χ4n) is 4.63. The van der Waals surface area contributed by atoms with Crippen LogP contribution < -0.4 is 10.2 Å². The minimum absolute atomic E-state index is 0.207. The van der Waals surface area contributed by atoms with Crippen LogP contribution in [0.3, 0.4) is 0 Å². The third kappa shape index (κ3) is 4.24. The van der Waals surface area contributed by atoms with Gasteiger partial charge >= 0.3 is 13.1 Å². The maximum Gasteiger partial charge on any atom is 0.498 e. The number of carbonyl (C=O) groups excluding carboxylic acids is 1. The maximum absolute atomic E-state index is 14.1. The number of fused-ring (bicyclic) bond motifs is 3. The van der Waals surface area contributed by atoms with Crippen molar-refractivity contribution in [1.29, 1.82) is 0 Å². The molecule has 0 N–H and O–H groups in total. The molecule has 0 atom stereocenters. The lowest BCUT2D eigenvalue weighted by Gasteiger charge is -2.32. The molecule has 0 spiro atoms. The molecule has 0 unspecified atom stereocenters. The largest absolute Gasteiger partial charge is 0.498 e. The van der Waals surface area contributed by atoms with Gasteiger partial charge in [-0.3, -0.25) is 0 Å². The van der Waals surface area contributed by atoms with E-state index < -0.39 is 36.6 Å². The molecule has 3 heterocycles. The average molecular weight is 475 g/mol. The maximum atomic E-state index is 14.1. The van der Waals surface area contributed by atoms with Gasteiger partial charge < -0.3 is 23.3 Å². The first-order chi connectivity index (χ1) is 15.8. The van der Waals surface area contributed by atoms with Crippen molar-refractivity contribution >= 4 is 18.6 Å². The molecule has 2 aliphatic rings.